The van der Waals surface area contributed by atoms with Crippen molar-refractivity contribution in [2.45, 2.75) is 5.75 Å². The standard InChI is InChI=1S/C7H7Cl2NO3S/c1-13-14(11,12)4-5-2-3-6(8)10-7(5)9/h2-3H,4H2,1H3. The van der Waals surface area contributed by atoms with Crippen molar-refractivity contribution in [2.75, 3.05) is 7.11 Å². The first kappa shape index (κ1) is 11.7. The fourth-order valence-electron chi connectivity index (χ4n) is 0.798. The van der Waals surface area contributed by atoms with Gasteiger partial charge < -0.3 is 0 Å². The van der Waals surface area contributed by atoms with Crippen LogP contribution in [-0.2, 0) is 20.1 Å². The van der Waals surface area contributed by atoms with E-state index >= 15 is 0 Å². The van der Waals surface area contributed by atoms with Crippen molar-refractivity contribution in [1.29, 1.82) is 0 Å². The minimum absolute atomic E-state index is 0.0677. The summed E-state index contributed by atoms with van der Waals surface area (Å²) >= 11 is 11.2. The van der Waals surface area contributed by atoms with E-state index < -0.39 is 10.1 Å². The van der Waals surface area contributed by atoms with Gasteiger partial charge in [-0.2, -0.15) is 8.42 Å². The fraction of sp³-hybridized carbons (Fsp3) is 0.286. The zero-order chi connectivity index (χ0) is 10.8. The van der Waals surface area contributed by atoms with Gasteiger partial charge >= 0.3 is 0 Å². The molecule has 0 radical (unpaired) electrons. The summed E-state index contributed by atoms with van der Waals surface area (Å²) in [6, 6.07) is 2.96. The molecule has 7 heteroatoms. The van der Waals surface area contributed by atoms with Crippen LogP contribution in [0.2, 0.25) is 10.3 Å². The van der Waals surface area contributed by atoms with Gasteiger partial charge in [-0.1, -0.05) is 29.3 Å². The highest BCUT2D eigenvalue weighted by molar-refractivity contribution is 7.85. The van der Waals surface area contributed by atoms with E-state index in [1.54, 1.807) is 0 Å². The molecule has 0 fully saturated rings. The van der Waals surface area contributed by atoms with Crippen LogP contribution in [0, 0.1) is 0 Å². The molecule has 1 heterocycles. The first-order valence-electron chi connectivity index (χ1n) is 3.54. The van der Waals surface area contributed by atoms with Gasteiger partial charge in [0.05, 0.1) is 7.11 Å². The van der Waals surface area contributed by atoms with Crippen molar-refractivity contribution in [3.63, 3.8) is 0 Å². The Morgan fingerprint density at radius 1 is 1.43 bits per heavy atom. The molecule has 1 aromatic heterocycles. The summed E-state index contributed by atoms with van der Waals surface area (Å²) in [4.78, 5) is 3.70. The number of hydrogen-bond donors (Lipinski definition) is 0. The Hall–Kier alpha value is -0.360. The van der Waals surface area contributed by atoms with Crippen LogP contribution in [0.5, 0.6) is 0 Å². The normalized spacial score (nSPS) is 11.6. The van der Waals surface area contributed by atoms with E-state index in [0.717, 1.165) is 7.11 Å². The predicted molar refractivity (Wildman–Crippen MR) is 53.9 cm³/mol. The average molecular weight is 256 g/mol. The third-order valence-corrected chi connectivity index (χ3v) is 3.19. The first-order valence-corrected chi connectivity index (χ1v) is 5.87. The molecule has 4 nitrogen and oxygen atoms in total. The second kappa shape index (κ2) is 4.44. The predicted octanol–water partition coefficient (Wildman–Crippen LogP) is 1.86. The molecule has 0 spiro atoms. The van der Waals surface area contributed by atoms with Crippen molar-refractivity contribution in [3.05, 3.63) is 28.0 Å². The summed E-state index contributed by atoms with van der Waals surface area (Å²) in [5, 5.41) is 0.284. The Morgan fingerprint density at radius 3 is 2.57 bits per heavy atom. The van der Waals surface area contributed by atoms with Gasteiger partial charge in [0.2, 0.25) is 0 Å². The molecule has 0 amide bonds. The van der Waals surface area contributed by atoms with Gasteiger partial charge in [-0.05, 0) is 6.07 Å². The molecule has 0 unspecified atom stereocenters. The molecule has 14 heavy (non-hydrogen) atoms. The lowest BCUT2D eigenvalue weighted by Crippen LogP contribution is -2.06. The third kappa shape index (κ3) is 3.09. The van der Waals surface area contributed by atoms with E-state index in [1.807, 2.05) is 0 Å². The van der Waals surface area contributed by atoms with Gasteiger partial charge in [0, 0.05) is 5.56 Å². The zero-order valence-electron chi connectivity index (χ0n) is 7.20. The summed E-state index contributed by atoms with van der Waals surface area (Å²) in [7, 11) is -2.49. The largest absolute Gasteiger partial charge is 0.273 e. The minimum atomic E-state index is -3.58. The van der Waals surface area contributed by atoms with E-state index in [2.05, 4.69) is 9.17 Å². The molecule has 0 aliphatic heterocycles. The number of nitrogens with zero attached hydrogens (tertiary/aromatic N) is 1. The highest BCUT2D eigenvalue weighted by Gasteiger charge is 2.13. The summed E-state index contributed by atoms with van der Waals surface area (Å²) in [6.45, 7) is 0. The molecule has 0 aromatic carbocycles. The monoisotopic (exact) mass is 255 g/mol. The number of rotatable bonds is 3. The summed E-state index contributed by atoms with van der Waals surface area (Å²) < 4.78 is 26.4. The number of aromatic nitrogens is 1. The Kier molecular flexibility index (Phi) is 3.71. The van der Waals surface area contributed by atoms with E-state index in [9.17, 15) is 8.42 Å². The van der Waals surface area contributed by atoms with Gasteiger partial charge in [0.1, 0.15) is 16.1 Å². The molecular formula is C7H7Cl2NO3S. The molecule has 78 valence electrons. The van der Waals surface area contributed by atoms with Crippen molar-refractivity contribution in [2.24, 2.45) is 0 Å². The third-order valence-electron chi connectivity index (χ3n) is 1.48. The Morgan fingerprint density at radius 2 is 2.07 bits per heavy atom. The molecule has 0 bridgehead atoms. The van der Waals surface area contributed by atoms with E-state index in [0.29, 0.717) is 5.56 Å². The zero-order valence-corrected chi connectivity index (χ0v) is 9.53. The van der Waals surface area contributed by atoms with Crippen molar-refractivity contribution in [1.82, 2.24) is 4.98 Å². The maximum absolute atomic E-state index is 11.1. The number of pyridine rings is 1. The average Bonchev–Trinajstić information content (AvgIpc) is 2.10. The lowest BCUT2D eigenvalue weighted by atomic mass is 10.3. The Labute approximate surface area is 91.9 Å². The summed E-state index contributed by atoms with van der Waals surface area (Å²) in [5.41, 5.74) is 0.359. The maximum Gasteiger partial charge on any atom is 0.271 e. The quantitative estimate of drug-likeness (QED) is 0.611. The maximum atomic E-state index is 11.1. The summed E-state index contributed by atoms with van der Waals surface area (Å²) in [5.74, 6) is -0.313. The molecule has 0 N–H and O–H groups in total. The summed E-state index contributed by atoms with van der Waals surface area (Å²) in [6.07, 6.45) is 0. The van der Waals surface area contributed by atoms with E-state index in [4.69, 9.17) is 23.2 Å². The molecule has 1 aromatic rings. The van der Waals surface area contributed by atoms with Crippen molar-refractivity contribution < 1.29 is 12.6 Å². The van der Waals surface area contributed by atoms with E-state index in [1.165, 1.54) is 12.1 Å². The smallest absolute Gasteiger partial charge is 0.271 e. The molecule has 0 atom stereocenters. The van der Waals surface area contributed by atoms with Crippen LogP contribution in [0.3, 0.4) is 0 Å². The van der Waals surface area contributed by atoms with Gasteiger partial charge in [-0.25, -0.2) is 4.98 Å². The van der Waals surface area contributed by atoms with Crippen LogP contribution in [0.1, 0.15) is 5.56 Å². The highest BCUT2D eigenvalue weighted by atomic mass is 35.5. The van der Waals surface area contributed by atoms with E-state index in [-0.39, 0.29) is 16.1 Å². The Bertz CT molecular complexity index is 433. The van der Waals surface area contributed by atoms with Crippen LogP contribution in [0.25, 0.3) is 0 Å². The van der Waals surface area contributed by atoms with Crippen molar-refractivity contribution >= 4 is 33.3 Å². The molecular weight excluding hydrogens is 249 g/mol. The molecule has 1 rings (SSSR count). The van der Waals surface area contributed by atoms with Gasteiger partial charge in [0.15, 0.2) is 0 Å². The topological polar surface area (TPSA) is 56.3 Å². The second-order valence-corrected chi connectivity index (χ2v) is 4.94. The highest BCUT2D eigenvalue weighted by Crippen LogP contribution is 2.19. The van der Waals surface area contributed by atoms with Crippen molar-refractivity contribution in [3.8, 4) is 0 Å². The minimum Gasteiger partial charge on any atom is -0.273 e. The van der Waals surface area contributed by atoms with Gasteiger partial charge in [0.25, 0.3) is 10.1 Å². The molecule has 0 aliphatic rings. The van der Waals surface area contributed by atoms with Crippen LogP contribution in [0.4, 0.5) is 0 Å². The van der Waals surface area contributed by atoms with Crippen LogP contribution in [0.15, 0.2) is 12.1 Å². The number of hydrogen-bond acceptors (Lipinski definition) is 4. The first-order chi connectivity index (χ1) is 6.44. The lowest BCUT2D eigenvalue weighted by Gasteiger charge is -2.03. The Balaban J connectivity index is 2.99. The molecule has 0 saturated carbocycles. The second-order valence-electron chi connectivity index (χ2n) is 2.45. The fourth-order valence-corrected chi connectivity index (χ4v) is 2.02. The molecule has 0 aliphatic carbocycles. The lowest BCUT2D eigenvalue weighted by molar-refractivity contribution is 0.397. The SMILES string of the molecule is COS(=O)(=O)Cc1ccc(Cl)nc1Cl. The van der Waals surface area contributed by atoms with Crippen LogP contribution < -0.4 is 0 Å². The van der Waals surface area contributed by atoms with Gasteiger partial charge in [-0.3, -0.25) is 4.18 Å². The van der Waals surface area contributed by atoms with Crippen LogP contribution >= 0.6 is 23.2 Å². The van der Waals surface area contributed by atoms with Crippen LogP contribution in [-0.4, -0.2) is 20.5 Å². The number of halogens is 2. The van der Waals surface area contributed by atoms with Gasteiger partial charge in [-0.15, -0.1) is 0 Å². The molecule has 0 saturated heterocycles.